The number of nitrogens with zero attached hydrogens (tertiary/aromatic N) is 6. The summed E-state index contributed by atoms with van der Waals surface area (Å²) in [6, 6.07) is 16.5. The van der Waals surface area contributed by atoms with Crippen LogP contribution >= 0.6 is 23.2 Å². The second kappa shape index (κ2) is 9.85. The lowest BCUT2D eigenvalue weighted by Gasteiger charge is -2.37. The summed E-state index contributed by atoms with van der Waals surface area (Å²) in [6.45, 7) is 3.25. The van der Waals surface area contributed by atoms with E-state index in [2.05, 4.69) is 17.0 Å². The molecule has 1 saturated heterocycles. The van der Waals surface area contributed by atoms with Gasteiger partial charge in [-0.2, -0.15) is 14.8 Å². The molecular weight excluding hydrogens is 531 g/mol. The van der Waals surface area contributed by atoms with Crippen molar-refractivity contribution in [3.8, 4) is 12.1 Å². The Bertz CT molecular complexity index is 1730. The molecular formula is C26H22Cl2N6O2S. The molecule has 5 rings (SSSR count). The smallest absolute Gasteiger partial charge is 0.243 e. The molecule has 37 heavy (non-hydrogen) atoms. The highest BCUT2D eigenvalue weighted by atomic mass is 35.5. The van der Waals surface area contributed by atoms with Crippen LogP contribution in [-0.4, -0.2) is 48.3 Å². The van der Waals surface area contributed by atoms with Gasteiger partial charge < -0.3 is 4.90 Å². The Morgan fingerprint density at radius 3 is 2.43 bits per heavy atom. The minimum Gasteiger partial charge on any atom is -0.355 e. The van der Waals surface area contributed by atoms with E-state index >= 15 is 0 Å². The first-order valence-electron chi connectivity index (χ1n) is 11.7. The van der Waals surface area contributed by atoms with E-state index in [0.29, 0.717) is 42.2 Å². The Labute approximate surface area is 224 Å². The molecule has 0 aliphatic carbocycles. The average Bonchev–Trinajstić information content (AvgIpc) is 3.28. The normalized spacial score (nSPS) is 14.7. The quantitative estimate of drug-likeness (QED) is 0.347. The van der Waals surface area contributed by atoms with Crippen LogP contribution in [0.4, 0.5) is 5.82 Å². The number of rotatable bonds is 5. The second-order valence-corrected chi connectivity index (χ2v) is 11.6. The fourth-order valence-electron chi connectivity index (χ4n) is 4.90. The second-order valence-electron chi connectivity index (χ2n) is 8.80. The number of pyridine rings is 1. The van der Waals surface area contributed by atoms with Crippen molar-refractivity contribution in [2.24, 2.45) is 0 Å². The molecule has 0 unspecified atom stereocenters. The Morgan fingerprint density at radius 2 is 1.76 bits per heavy atom. The number of anilines is 1. The number of hydrogen-bond donors (Lipinski definition) is 0. The molecule has 2 aromatic heterocycles. The number of sulfonamides is 1. The van der Waals surface area contributed by atoms with Gasteiger partial charge in [0.2, 0.25) is 10.0 Å². The van der Waals surface area contributed by atoms with Crippen LogP contribution in [0.25, 0.3) is 16.7 Å². The van der Waals surface area contributed by atoms with Crippen molar-refractivity contribution in [3.63, 3.8) is 0 Å². The molecule has 2 aromatic carbocycles. The molecule has 3 heterocycles. The molecule has 0 saturated carbocycles. The van der Waals surface area contributed by atoms with E-state index in [0.717, 1.165) is 28.0 Å². The molecule has 4 aromatic rings. The van der Waals surface area contributed by atoms with Crippen LogP contribution < -0.4 is 4.90 Å². The first kappa shape index (κ1) is 25.3. The van der Waals surface area contributed by atoms with Gasteiger partial charge in [-0.3, -0.25) is 4.40 Å². The van der Waals surface area contributed by atoms with Crippen LogP contribution in [-0.2, 0) is 16.4 Å². The first-order valence-corrected chi connectivity index (χ1v) is 13.9. The summed E-state index contributed by atoms with van der Waals surface area (Å²) in [7, 11) is -3.76. The lowest BCUT2D eigenvalue weighted by atomic mass is 10.00. The van der Waals surface area contributed by atoms with Crippen molar-refractivity contribution < 1.29 is 8.42 Å². The molecule has 8 nitrogen and oxygen atoms in total. The van der Waals surface area contributed by atoms with Crippen LogP contribution in [0.3, 0.4) is 0 Å². The third kappa shape index (κ3) is 4.28. The van der Waals surface area contributed by atoms with E-state index in [4.69, 9.17) is 28.2 Å². The van der Waals surface area contributed by atoms with Crippen LogP contribution in [0.1, 0.15) is 23.1 Å². The van der Waals surface area contributed by atoms with Crippen molar-refractivity contribution in [3.05, 3.63) is 69.2 Å². The van der Waals surface area contributed by atoms with Crippen molar-refractivity contribution in [1.29, 1.82) is 10.5 Å². The van der Waals surface area contributed by atoms with Gasteiger partial charge in [0, 0.05) is 32.6 Å². The summed E-state index contributed by atoms with van der Waals surface area (Å²) >= 11 is 12.0. The topological polar surface area (TPSA) is 106 Å². The van der Waals surface area contributed by atoms with E-state index in [9.17, 15) is 18.9 Å². The first-order chi connectivity index (χ1) is 17.8. The Hall–Kier alpha value is -3.34. The maximum absolute atomic E-state index is 13.3. The van der Waals surface area contributed by atoms with E-state index in [1.807, 2.05) is 35.6 Å². The number of halogens is 2. The molecule has 188 valence electrons. The molecule has 11 heteroatoms. The van der Waals surface area contributed by atoms with Crippen LogP contribution in [0.15, 0.2) is 47.4 Å². The fourth-order valence-corrected chi connectivity index (χ4v) is 6.71. The molecule has 0 spiro atoms. The van der Waals surface area contributed by atoms with Crippen molar-refractivity contribution in [2.45, 2.75) is 24.7 Å². The highest BCUT2D eigenvalue weighted by Gasteiger charge is 2.32. The average molecular weight is 553 g/mol. The Morgan fingerprint density at radius 1 is 1.03 bits per heavy atom. The molecule has 1 fully saturated rings. The number of hydrogen-bond acceptors (Lipinski definition) is 6. The van der Waals surface area contributed by atoms with Crippen molar-refractivity contribution >= 4 is 55.7 Å². The van der Waals surface area contributed by atoms with Crippen molar-refractivity contribution in [1.82, 2.24) is 13.7 Å². The van der Waals surface area contributed by atoms with Gasteiger partial charge in [0.1, 0.15) is 11.9 Å². The number of nitriles is 2. The molecule has 1 aliphatic heterocycles. The van der Waals surface area contributed by atoms with Gasteiger partial charge in [-0.25, -0.2) is 13.4 Å². The minimum atomic E-state index is -3.76. The molecule has 0 atom stereocenters. The lowest BCUT2D eigenvalue weighted by molar-refractivity contribution is 0.383. The van der Waals surface area contributed by atoms with Gasteiger partial charge in [-0.05, 0) is 54.8 Å². The zero-order valence-corrected chi connectivity index (χ0v) is 22.3. The highest BCUT2D eigenvalue weighted by molar-refractivity contribution is 7.89. The van der Waals surface area contributed by atoms with Gasteiger partial charge in [-0.1, -0.05) is 35.3 Å². The standard InChI is InChI=1S/C26H22Cl2N6O2S/c1-17-19(5-4-10-29)26(34-24-7-3-2-6-23(24)31-25(34)20(17)16-30)32-11-13-33(14-12-32)37(35,36)18-8-9-21(27)22(28)15-18/h2-3,6-9,15H,4-5,11-14H2,1H3. The predicted octanol–water partition coefficient (Wildman–Crippen LogP) is 4.94. The largest absolute Gasteiger partial charge is 0.355 e. The number of fused-ring (bicyclic) bond motifs is 3. The minimum absolute atomic E-state index is 0.0993. The van der Waals surface area contributed by atoms with E-state index < -0.39 is 10.0 Å². The Kier molecular flexibility index (Phi) is 6.74. The molecule has 1 aliphatic rings. The summed E-state index contributed by atoms with van der Waals surface area (Å²) in [4.78, 5) is 6.98. The maximum atomic E-state index is 13.3. The maximum Gasteiger partial charge on any atom is 0.243 e. The molecule has 0 N–H and O–H groups in total. The summed E-state index contributed by atoms with van der Waals surface area (Å²) in [5, 5.41) is 19.8. The number of imidazole rings is 1. The van der Waals surface area contributed by atoms with Gasteiger partial charge in [-0.15, -0.1) is 0 Å². The number of aromatic nitrogens is 2. The number of piperazine rings is 1. The van der Waals surface area contributed by atoms with Gasteiger partial charge in [0.15, 0.2) is 5.65 Å². The van der Waals surface area contributed by atoms with Gasteiger partial charge >= 0.3 is 0 Å². The zero-order valence-electron chi connectivity index (χ0n) is 19.9. The molecule has 0 bridgehead atoms. The predicted molar refractivity (Wildman–Crippen MR) is 144 cm³/mol. The van der Waals surface area contributed by atoms with E-state index in [1.165, 1.54) is 22.5 Å². The van der Waals surface area contributed by atoms with Crippen LogP contribution in [0, 0.1) is 29.6 Å². The summed E-state index contributed by atoms with van der Waals surface area (Å²) in [6.07, 6.45) is 0.763. The number of benzene rings is 2. The monoisotopic (exact) mass is 552 g/mol. The molecule has 0 amide bonds. The zero-order chi connectivity index (χ0) is 26.3. The van der Waals surface area contributed by atoms with E-state index in [-0.39, 0.29) is 23.0 Å². The molecule has 0 radical (unpaired) electrons. The number of para-hydroxylation sites is 2. The summed E-state index contributed by atoms with van der Waals surface area (Å²) in [5.41, 5.74) is 4.35. The fraction of sp³-hybridized carbons (Fsp3) is 0.269. The Balaban J connectivity index is 1.58. The van der Waals surface area contributed by atoms with Crippen molar-refractivity contribution in [2.75, 3.05) is 31.1 Å². The van der Waals surface area contributed by atoms with Crippen LogP contribution in [0.2, 0.25) is 10.0 Å². The highest BCUT2D eigenvalue weighted by Crippen LogP contribution is 2.35. The summed E-state index contributed by atoms with van der Waals surface area (Å²) < 4.78 is 30.0. The summed E-state index contributed by atoms with van der Waals surface area (Å²) in [5.74, 6) is 0.849. The van der Waals surface area contributed by atoms with E-state index in [1.54, 1.807) is 0 Å². The van der Waals surface area contributed by atoms with Gasteiger partial charge in [0.05, 0.1) is 37.6 Å². The van der Waals surface area contributed by atoms with Gasteiger partial charge in [0.25, 0.3) is 0 Å². The third-order valence-electron chi connectivity index (χ3n) is 6.76. The third-order valence-corrected chi connectivity index (χ3v) is 9.39. The lowest BCUT2D eigenvalue weighted by Crippen LogP contribution is -2.49. The SMILES string of the molecule is Cc1c(CCC#N)c(N2CCN(S(=O)(=O)c3ccc(Cl)c(Cl)c3)CC2)n2c(nc3ccccc32)c1C#N. The van der Waals surface area contributed by atoms with Crippen LogP contribution in [0.5, 0.6) is 0 Å².